The molecule has 20 heavy (non-hydrogen) atoms. The van der Waals surface area contributed by atoms with E-state index in [2.05, 4.69) is 35.2 Å². The molecular formula is C12H8N8. The van der Waals surface area contributed by atoms with Crippen molar-refractivity contribution in [2.45, 2.75) is 0 Å². The Morgan fingerprint density at radius 3 is 3.05 bits per heavy atom. The van der Waals surface area contributed by atoms with Gasteiger partial charge in [0.2, 0.25) is 0 Å². The van der Waals surface area contributed by atoms with Gasteiger partial charge >= 0.3 is 0 Å². The van der Waals surface area contributed by atoms with Crippen molar-refractivity contribution in [1.82, 2.24) is 39.7 Å². The third-order valence-electron chi connectivity index (χ3n) is 2.87. The Hall–Kier alpha value is -3.16. The van der Waals surface area contributed by atoms with Crippen LogP contribution in [0.1, 0.15) is 0 Å². The molecule has 0 atom stereocenters. The monoisotopic (exact) mass is 264 g/mol. The fraction of sp³-hybridized carbons (Fsp3) is 0. The van der Waals surface area contributed by atoms with Crippen LogP contribution in [-0.4, -0.2) is 39.7 Å². The number of imidazole rings is 2. The predicted molar refractivity (Wildman–Crippen MR) is 69.4 cm³/mol. The summed E-state index contributed by atoms with van der Waals surface area (Å²) in [6.07, 6.45) is 8.14. The molecule has 0 amide bonds. The molecule has 0 bridgehead atoms. The molecule has 4 rings (SSSR count). The minimum Gasteiger partial charge on any atom is -0.335 e. The van der Waals surface area contributed by atoms with Gasteiger partial charge in [0.05, 0.1) is 18.1 Å². The SMILES string of the molecule is c1cnnc(-c2ncc(-c3ncn4ncncc34)[nH]2)c1. The lowest BCUT2D eigenvalue weighted by Gasteiger charge is -1.94. The molecule has 0 aliphatic carbocycles. The highest BCUT2D eigenvalue weighted by molar-refractivity contribution is 5.74. The van der Waals surface area contributed by atoms with Gasteiger partial charge in [0.25, 0.3) is 0 Å². The van der Waals surface area contributed by atoms with E-state index in [1.807, 2.05) is 12.1 Å². The largest absolute Gasteiger partial charge is 0.335 e. The number of nitrogens with one attached hydrogen (secondary N) is 1. The van der Waals surface area contributed by atoms with Crippen LogP contribution >= 0.6 is 0 Å². The Labute approximate surface area is 112 Å². The van der Waals surface area contributed by atoms with Crippen molar-refractivity contribution in [1.29, 1.82) is 0 Å². The topological polar surface area (TPSA) is 97.5 Å². The summed E-state index contributed by atoms with van der Waals surface area (Å²) in [6, 6.07) is 3.65. The summed E-state index contributed by atoms with van der Waals surface area (Å²) < 4.78 is 1.66. The van der Waals surface area contributed by atoms with Crippen molar-refractivity contribution in [3.05, 3.63) is 43.4 Å². The van der Waals surface area contributed by atoms with Crippen LogP contribution in [0, 0.1) is 0 Å². The van der Waals surface area contributed by atoms with Crippen LogP contribution in [0.3, 0.4) is 0 Å². The minimum absolute atomic E-state index is 0.645. The molecule has 0 saturated heterocycles. The Balaban J connectivity index is 1.82. The summed E-state index contributed by atoms with van der Waals surface area (Å²) in [5, 5.41) is 11.9. The van der Waals surface area contributed by atoms with E-state index in [9.17, 15) is 0 Å². The normalized spacial score (nSPS) is 11.0. The first kappa shape index (κ1) is 10.7. The lowest BCUT2D eigenvalue weighted by molar-refractivity contribution is 0.892. The summed E-state index contributed by atoms with van der Waals surface area (Å²) in [5.74, 6) is 0.645. The molecule has 4 aromatic rings. The lowest BCUT2D eigenvalue weighted by atomic mass is 10.3. The smallest absolute Gasteiger partial charge is 0.158 e. The summed E-state index contributed by atoms with van der Waals surface area (Å²) in [6.45, 7) is 0. The van der Waals surface area contributed by atoms with Crippen LogP contribution in [0.25, 0.3) is 28.4 Å². The number of aromatic nitrogens is 8. The van der Waals surface area contributed by atoms with Crippen LogP contribution in [0.4, 0.5) is 0 Å². The van der Waals surface area contributed by atoms with Gasteiger partial charge in [-0.15, -0.1) is 5.10 Å². The van der Waals surface area contributed by atoms with Crippen molar-refractivity contribution in [2.24, 2.45) is 0 Å². The highest BCUT2D eigenvalue weighted by atomic mass is 15.3. The molecule has 0 unspecified atom stereocenters. The molecule has 0 aliphatic rings. The molecule has 96 valence electrons. The fourth-order valence-electron chi connectivity index (χ4n) is 1.96. The number of fused-ring (bicyclic) bond motifs is 1. The maximum atomic E-state index is 4.33. The van der Waals surface area contributed by atoms with E-state index < -0.39 is 0 Å². The molecule has 4 aromatic heterocycles. The molecule has 8 nitrogen and oxygen atoms in total. The maximum Gasteiger partial charge on any atom is 0.158 e. The lowest BCUT2D eigenvalue weighted by Crippen LogP contribution is -1.90. The molecular weight excluding hydrogens is 256 g/mol. The Morgan fingerprint density at radius 1 is 1.15 bits per heavy atom. The van der Waals surface area contributed by atoms with Crippen LogP contribution in [0.5, 0.6) is 0 Å². The van der Waals surface area contributed by atoms with Crippen molar-refractivity contribution in [2.75, 3.05) is 0 Å². The molecule has 1 N–H and O–H groups in total. The zero-order valence-electron chi connectivity index (χ0n) is 10.2. The number of hydrogen-bond donors (Lipinski definition) is 1. The fourth-order valence-corrected chi connectivity index (χ4v) is 1.96. The average Bonchev–Trinajstić information content (AvgIpc) is 3.14. The first-order valence-electron chi connectivity index (χ1n) is 5.88. The van der Waals surface area contributed by atoms with Crippen LogP contribution < -0.4 is 0 Å². The van der Waals surface area contributed by atoms with Crippen LogP contribution in [-0.2, 0) is 0 Å². The average molecular weight is 264 g/mol. The third kappa shape index (κ3) is 1.62. The number of rotatable bonds is 2. The minimum atomic E-state index is 0.645. The van der Waals surface area contributed by atoms with Gasteiger partial charge in [0, 0.05) is 6.20 Å². The van der Waals surface area contributed by atoms with Gasteiger partial charge in [-0.3, -0.25) is 0 Å². The van der Waals surface area contributed by atoms with E-state index >= 15 is 0 Å². The molecule has 0 spiro atoms. The quantitative estimate of drug-likeness (QED) is 0.579. The maximum absolute atomic E-state index is 4.33. The van der Waals surface area contributed by atoms with E-state index in [4.69, 9.17) is 0 Å². The number of hydrogen-bond acceptors (Lipinski definition) is 6. The van der Waals surface area contributed by atoms with Crippen molar-refractivity contribution >= 4 is 5.52 Å². The summed E-state index contributed by atoms with van der Waals surface area (Å²) >= 11 is 0. The van der Waals surface area contributed by atoms with Gasteiger partial charge in [-0.05, 0) is 12.1 Å². The predicted octanol–water partition coefficient (Wildman–Crippen LogP) is 0.971. The highest BCUT2D eigenvalue weighted by Gasteiger charge is 2.12. The van der Waals surface area contributed by atoms with Crippen LogP contribution in [0.15, 0.2) is 43.4 Å². The van der Waals surface area contributed by atoms with Crippen molar-refractivity contribution in [3.63, 3.8) is 0 Å². The van der Waals surface area contributed by atoms with Gasteiger partial charge in [-0.1, -0.05) is 0 Å². The Bertz CT molecular complexity index is 863. The second-order valence-electron chi connectivity index (χ2n) is 4.09. The van der Waals surface area contributed by atoms with E-state index in [0.29, 0.717) is 11.5 Å². The Kier molecular flexibility index (Phi) is 2.25. The van der Waals surface area contributed by atoms with Crippen molar-refractivity contribution in [3.8, 4) is 22.9 Å². The molecule has 4 heterocycles. The zero-order chi connectivity index (χ0) is 13.4. The van der Waals surface area contributed by atoms with Crippen LogP contribution in [0.2, 0.25) is 0 Å². The van der Waals surface area contributed by atoms with E-state index in [1.54, 1.807) is 29.4 Å². The molecule has 0 aromatic carbocycles. The third-order valence-corrected chi connectivity index (χ3v) is 2.87. The molecule has 8 heteroatoms. The highest BCUT2D eigenvalue weighted by Crippen LogP contribution is 2.22. The molecule has 0 fully saturated rings. The van der Waals surface area contributed by atoms with E-state index in [-0.39, 0.29) is 0 Å². The number of nitrogens with zero attached hydrogens (tertiary/aromatic N) is 7. The second kappa shape index (κ2) is 4.19. The van der Waals surface area contributed by atoms with E-state index in [0.717, 1.165) is 16.9 Å². The first-order chi connectivity index (χ1) is 9.92. The summed E-state index contributed by atoms with van der Waals surface area (Å²) in [4.78, 5) is 15.8. The summed E-state index contributed by atoms with van der Waals surface area (Å²) in [5.41, 5.74) is 3.01. The van der Waals surface area contributed by atoms with Crippen molar-refractivity contribution < 1.29 is 0 Å². The van der Waals surface area contributed by atoms with Gasteiger partial charge in [0.1, 0.15) is 29.6 Å². The van der Waals surface area contributed by atoms with Gasteiger partial charge in [0.15, 0.2) is 5.82 Å². The molecule has 0 radical (unpaired) electrons. The number of H-pyrrole nitrogens is 1. The first-order valence-corrected chi connectivity index (χ1v) is 5.88. The van der Waals surface area contributed by atoms with Gasteiger partial charge < -0.3 is 4.98 Å². The second-order valence-corrected chi connectivity index (χ2v) is 4.09. The van der Waals surface area contributed by atoms with E-state index in [1.165, 1.54) is 6.33 Å². The van der Waals surface area contributed by atoms with Gasteiger partial charge in [-0.2, -0.15) is 10.2 Å². The Morgan fingerprint density at radius 2 is 2.15 bits per heavy atom. The molecule has 0 saturated carbocycles. The zero-order valence-corrected chi connectivity index (χ0v) is 10.2. The summed E-state index contributed by atoms with van der Waals surface area (Å²) in [7, 11) is 0. The molecule has 0 aliphatic heterocycles. The standard InChI is InChI=1S/C12H8N8/c1-2-8(19-16-3-1)12-14-4-9(18-12)11-10-5-13-6-17-20(10)7-15-11/h1-7H,(H,14,18). The van der Waals surface area contributed by atoms with Gasteiger partial charge in [-0.25, -0.2) is 19.5 Å². The number of aromatic amines is 1.